The van der Waals surface area contributed by atoms with Crippen LogP contribution in [0.3, 0.4) is 0 Å². The van der Waals surface area contributed by atoms with Crippen molar-refractivity contribution in [2.24, 2.45) is 10.9 Å². The molecular formula is C29H25ClFN7O3. The molecule has 1 aliphatic rings. The molecule has 0 aliphatic heterocycles. The molecule has 208 valence electrons. The predicted molar refractivity (Wildman–Crippen MR) is 152 cm³/mol. The largest absolute Gasteiger partial charge is 0.424 e. The van der Waals surface area contributed by atoms with E-state index in [2.05, 4.69) is 24.7 Å². The van der Waals surface area contributed by atoms with Gasteiger partial charge in [0.2, 0.25) is 5.91 Å². The molecule has 3 aromatic heterocycles. The van der Waals surface area contributed by atoms with Crippen LogP contribution >= 0.6 is 11.6 Å². The number of hydrogen-bond donors (Lipinski definition) is 1. The van der Waals surface area contributed by atoms with Gasteiger partial charge in [-0.25, -0.2) is 19.3 Å². The Bertz CT molecular complexity index is 1850. The number of halogens is 2. The van der Waals surface area contributed by atoms with Crippen LogP contribution in [-0.4, -0.2) is 35.9 Å². The van der Waals surface area contributed by atoms with Gasteiger partial charge in [-0.2, -0.15) is 0 Å². The molecular weight excluding hydrogens is 549 g/mol. The van der Waals surface area contributed by atoms with Gasteiger partial charge in [-0.1, -0.05) is 16.8 Å². The van der Waals surface area contributed by atoms with E-state index in [9.17, 15) is 9.70 Å². The molecule has 1 saturated carbocycles. The topological polar surface area (TPSA) is 138 Å². The van der Waals surface area contributed by atoms with Crippen LogP contribution in [0.15, 0.2) is 54.0 Å². The molecule has 5 aromatic rings. The van der Waals surface area contributed by atoms with Crippen molar-refractivity contribution in [1.82, 2.24) is 24.5 Å². The maximum absolute atomic E-state index is 15.5. The lowest BCUT2D eigenvalue weighted by Gasteiger charge is -2.33. The second-order valence-corrected chi connectivity index (χ2v) is 10.7. The van der Waals surface area contributed by atoms with Crippen molar-refractivity contribution in [2.75, 3.05) is 0 Å². The number of ether oxygens (including phenoxy) is 1. The number of rotatable bonds is 6. The molecule has 1 aliphatic carbocycles. The molecule has 0 saturated heterocycles. The number of nitrogens with two attached hydrogens (primary N) is 1. The summed E-state index contributed by atoms with van der Waals surface area (Å²) in [4.78, 5) is 40.9. The van der Waals surface area contributed by atoms with E-state index < -0.39 is 17.3 Å². The molecule has 6 rings (SSSR count). The van der Waals surface area contributed by atoms with Gasteiger partial charge in [-0.15, -0.1) is 4.91 Å². The summed E-state index contributed by atoms with van der Waals surface area (Å²) in [5.74, 6) is -0.0236. The van der Waals surface area contributed by atoms with Crippen molar-refractivity contribution in [2.45, 2.75) is 51.1 Å². The number of fused-ring (bicyclic) bond motifs is 3. The molecule has 2 N–H and O–H groups in total. The average Bonchev–Trinajstić information content (AvgIpc) is 3.29. The van der Waals surface area contributed by atoms with Gasteiger partial charge in [0.1, 0.15) is 22.9 Å². The fourth-order valence-corrected chi connectivity index (χ4v) is 5.92. The molecule has 0 spiro atoms. The Morgan fingerprint density at radius 1 is 1.10 bits per heavy atom. The van der Waals surface area contributed by atoms with Crippen molar-refractivity contribution in [3.05, 3.63) is 76.1 Å². The third kappa shape index (κ3) is 4.65. The van der Waals surface area contributed by atoms with E-state index in [0.717, 1.165) is 17.0 Å². The molecule has 41 heavy (non-hydrogen) atoms. The van der Waals surface area contributed by atoms with Crippen LogP contribution in [-0.2, 0) is 4.79 Å². The summed E-state index contributed by atoms with van der Waals surface area (Å²) < 4.78 is 23.3. The highest BCUT2D eigenvalue weighted by Crippen LogP contribution is 2.42. The van der Waals surface area contributed by atoms with Gasteiger partial charge in [0.25, 0.3) is 0 Å². The molecule has 3 heterocycles. The van der Waals surface area contributed by atoms with Crippen molar-refractivity contribution in [1.29, 1.82) is 0 Å². The molecule has 2 aromatic carbocycles. The number of imidazole rings is 1. The Labute approximate surface area is 238 Å². The van der Waals surface area contributed by atoms with Crippen LogP contribution in [0.5, 0.6) is 11.8 Å². The predicted octanol–water partition coefficient (Wildman–Crippen LogP) is 6.35. The fourth-order valence-electron chi connectivity index (χ4n) is 5.65. The monoisotopic (exact) mass is 573 g/mol. The highest BCUT2D eigenvalue weighted by atomic mass is 35.5. The summed E-state index contributed by atoms with van der Waals surface area (Å²) >= 11 is 6.63. The molecule has 0 radical (unpaired) electrons. The SMILES string of the molecule is Cc1ccnc(Oc2ccc(-c3cc4c(cc3F)ncc3nc(C)n(C5CCC(N=O)(C(N)=O)CC5)c34)c(Cl)c2)n1. The maximum atomic E-state index is 15.5. The molecule has 10 nitrogen and oxygen atoms in total. The number of amides is 1. The quantitative estimate of drug-likeness (QED) is 0.233. The van der Waals surface area contributed by atoms with Gasteiger partial charge in [0.05, 0.1) is 22.3 Å². The summed E-state index contributed by atoms with van der Waals surface area (Å²) in [7, 11) is 0. The number of carbonyl (C=O) groups excluding carboxylic acids is 1. The highest BCUT2D eigenvalue weighted by molar-refractivity contribution is 6.33. The minimum atomic E-state index is -1.39. The standard InChI is InChI=1S/C29H25ClFN7O3/c1-15-7-10-33-28(35-15)41-18-3-4-19(22(30)11-18)20-12-21-24(13-23(20)31)34-14-25-26(21)38(16(2)36-25)17-5-8-29(37-40,9-6-17)27(32)39/h3-4,7,10-14,17H,5-6,8-9H2,1-2H3,(H2,32,39). The first-order chi connectivity index (χ1) is 19.7. The summed E-state index contributed by atoms with van der Waals surface area (Å²) in [6.07, 6.45) is 4.73. The van der Waals surface area contributed by atoms with Crippen LogP contribution in [0.1, 0.15) is 43.2 Å². The minimum absolute atomic E-state index is 0.0582. The molecule has 12 heteroatoms. The maximum Gasteiger partial charge on any atom is 0.322 e. The van der Waals surface area contributed by atoms with Crippen molar-refractivity contribution >= 4 is 39.4 Å². The van der Waals surface area contributed by atoms with E-state index in [0.29, 0.717) is 46.1 Å². The first kappa shape index (κ1) is 26.7. The third-order valence-corrected chi connectivity index (χ3v) is 8.09. The van der Waals surface area contributed by atoms with E-state index in [1.165, 1.54) is 6.07 Å². The number of pyridine rings is 1. The molecule has 0 unspecified atom stereocenters. The third-order valence-electron chi connectivity index (χ3n) is 7.77. The molecule has 1 amide bonds. The van der Waals surface area contributed by atoms with Crippen molar-refractivity contribution in [3.63, 3.8) is 0 Å². The van der Waals surface area contributed by atoms with Gasteiger partial charge < -0.3 is 15.0 Å². The summed E-state index contributed by atoms with van der Waals surface area (Å²) in [6, 6.07) is 9.95. The number of primary amides is 1. The van der Waals surface area contributed by atoms with E-state index in [4.69, 9.17) is 27.1 Å². The smallest absolute Gasteiger partial charge is 0.322 e. The van der Waals surface area contributed by atoms with E-state index in [1.54, 1.807) is 42.7 Å². The van der Waals surface area contributed by atoms with E-state index in [1.807, 2.05) is 13.8 Å². The second-order valence-electron chi connectivity index (χ2n) is 10.3. The van der Waals surface area contributed by atoms with E-state index in [-0.39, 0.29) is 29.9 Å². The van der Waals surface area contributed by atoms with Crippen LogP contribution in [0.25, 0.3) is 33.1 Å². The summed E-state index contributed by atoms with van der Waals surface area (Å²) in [6.45, 7) is 3.72. The van der Waals surface area contributed by atoms with Crippen molar-refractivity contribution < 1.29 is 13.9 Å². The Morgan fingerprint density at radius 3 is 2.56 bits per heavy atom. The van der Waals surface area contributed by atoms with Crippen LogP contribution in [0.2, 0.25) is 5.02 Å². The van der Waals surface area contributed by atoms with Crippen LogP contribution in [0.4, 0.5) is 4.39 Å². The number of benzene rings is 2. The van der Waals surface area contributed by atoms with Crippen LogP contribution < -0.4 is 10.5 Å². The zero-order valence-corrected chi connectivity index (χ0v) is 23.0. The average molecular weight is 574 g/mol. The number of aromatic nitrogens is 5. The highest BCUT2D eigenvalue weighted by Gasteiger charge is 2.43. The first-order valence-corrected chi connectivity index (χ1v) is 13.5. The van der Waals surface area contributed by atoms with Gasteiger partial charge >= 0.3 is 6.01 Å². The summed E-state index contributed by atoms with van der Waals surface area (Å²) in [5, 5.41) is 4.08. The molecule has 0 bridgehead atoms. The fraction of sp³-hybridized carbons (Fsp3) is 0.276. The lowest BCUT2D eigenvalue weighted by Crippen LogP contribution is -2.45. The van der Waals surface area contributed by atoms with Gasteiger partial charge in [0.15, 0.2) is 5.54 Å². The number of hydrogen-bond acceptors (Lipinski definition) is 8. The lowest BCUT2D eigenvalue weighted by atomic mass is 9.79. The Hall–Kier alpha value is -4.51. The zero-order chi connectivity index (χ0) is 28.9. The summed E-state index contributed by atoms with van der Waals surface area (Å²) in [5.41, 5.74) is 7.54. The number of nitroso groups, excluding NO2 is 1. The second kappa shape index (κ2) is 10.2. The number of carbonyl (C=O) groups is 1. The van der Waals surface area contributed by atoms with Crippen molar-refractivity contribution in [3.8, 4) is 22.9 Å². The molecule has 1 fully saturated rings. The molecule has 0 atom stereocenters. The van der Waals surface area contributed by atoms with Gasteiger partial charge in [-0.05, 0) is 63.8 Å². The van der Waals surface area contributed by atoms with Crippen LogP contribution in [0, 0.1) is 24.6 Å². The zero-order valence-electron chi connectivity index (χ0n) is 22.3. The van der Waals surface area contributed by atoms with Gasteiger partial charge in [0, 0.05) is 46.6 Å². The normalized spacial score (nSPS) is 19.0. The van der Waals surface area contributed by atoms with Gasteiger partial charge in [-0.3, -0.25) is 9.78 Å². The minimum Gasteiger partial charge on any atom is -0.424 e. The first-order valence-electron chi connectivity index (χ1n) is 13.1. The number of aryl methyl sites for hydroxylation is 2. The Morgan fingerprint density at radius 2 is 1.88 bits per heavy atom. The number of nitrogens with zero attached hydrogens (tertiary/aromatic N) is 6. The Balaban J connectivity index is 1.41. The lowest BCUT2D eigenvalue weighted by molar-refractivity contribution is -0.124. The Kier molecular flexibility index (Phi) is 6.61. The van der Waals surface area contributed by atoms with E-state index >= 15 is 4.39 Å².